The molecular formula is C14H15ClN2O. The van der Waals surface area contributed by atoms with Crippen LogP contribution in [0, 0.1) is 6.92 Å². The zero-order valence-electron chi connectivity index (χ0n) is 10.2. The number of aryl methyl sites for hydroxylation is 1. The van der Waals surface area contributed by atoms with E-state index in [1.165, 1.54) is 0 Å². The third kappa shape index (κ3) is 2.93. The number of rotatable bonds is 4. The molecule has 0 aliphatic heterocycles. The fraction of sp³-hybridized carbons (Fsp3) is 0.214. The van der Waals surface area contributed by atoms with Gasteiger partial charge >= 0.3 is 0 Å². The van der Waals surface area contributed by atoms with Crippen molar-refractivity contribution in [2.45, 2.75) is 13.5 Å². The number of hydrogen-bond acceptors (Lipinski definition) is 2. The molecule has 94 valence electrons. The van der Waals surface area contributed by atoms with Gasteiger partial charge in [0.05, 0.1) is 10.7 Å². The smallest absolute Gasteiger partial charge is 0.250 e. The molecule has 0 spiro atoms. The van der Waals surface area contributed by atoms with Crippen molar-refractivity contribution in [2.24, 2.45) is 0 Å². The summed E-state index contributed by atoms with van der Waals surface area (Å²) in [6.07, 6.45) is 1.78. The van der Waals surface area contributed by atoms with Crippen LogP contribution in [0.1, 0.15) is 5.56 Å². The van der Waals surface area contributed by atoms with E-state index in [0.29, 0.717) is 13.1 Å². The van der Waals surface area contributed by atoms with Crippen molar-refractivity contribution in [3.8, 4) is 0 Å². The molecule has 1 N–H and O–H groups in total. The molecule has 0 saturated heterocycles. The van der Waals surface area contributed by atoms with E-state index >= 15 is 0 Å². The maximum Gasteiger partial charge on any atom is 0.250 e. The summed E-state index contributed by atoms with van der Waals surface area (Å²) in [4.78, 5) is 11.5. The van der Waals surface area contributed by atoms with E-state index in [2.05, 4.69) is 5.32 Å². The van der Waals surface area contributed by atoms with Gasteiger partial charge in [-0.05, 0) is 24.6 Å². The van der Waals surface area contributed by atoms with Crippen LogP contribution in [0.25, 0.3) is 0 Å². The van der Waals surface area contributed by atoms with E-state index in [0.717, 1.165) is 16.3 Å². The summed E-state index contributed by atoms with van der Waals surface area (Å²) in [5, 5.41) is 3.97. The fourth-order valence-corrected chi connectivity index (χ4v) is 1.93. The number of aromatic nitrogens is 1. The molecule has 1 aromatic carbocycles. The van der Waals surface area contributed by atoms with Crippen LogP contribution in [-0.4, -0.2) is 11.1 Å². The highest BCUT2D eigenvalue weighted by atomic mass is 35.5. The SMILES string of the molecule is Cc1cccc(NCCn2ccccc2=O)c1Cl. The van der Waals surface area contributed by atoms with Crippen molar-refractivity contribution in [2.75, 3.05) is 11.9 Å². The summed E-state index contributed by atoms with van der Waals surface area (Å²) in [6.45, 7) is 3.24. The lowest BCUT2D eigenvalue weighted by Gasteiger charge is -2.10. The molecule has 0 saturated carbocycles. The van der Waals surface area contributed by atoms with E-state index in [9.17, 15) is 4.79 Å². The second-order valence-electron chi connectivity index (χ2n) is 4.10. The molecule has 0 atom stereocenters. The number of benzene rings is 1. The standard InChI is InChI=1S/C14H15ClN2O/c1-11-5-4-6-12(14(11)15)16-8-10-17-9-3-2-7-13(17)18/h2-7,9,16H,8,10H2,1H3. The molecule has 0 unspecified atom stereocenters. The molecule has 0 aliphatic rings. The highest BCUT2D eigenvalue weighted by molar-refractivity contribution is 6.33. The van der Waals surface area contributed by atoms with E-state index in [4.69, 9.17) is 11.6 Å². The summed E-state index contributed by atoms with van der Waals surface area (Å²) in [5.41, 5.74) is 1.95. The normalized spacial score (nSPS) is 10.3. The van der Waals surface area contributed by atoms with Crippen molar-refractivity contribution in [1.82, 2.24) is 4.57 Å². The summed E-state index contributed by atoms with van der Waals surface area (Å²) < 4.78 is 1.66. The minimum Gasteiger partial charge on any atom is -0.382 e. The van der Waals surface area contributed by atoms with Crippen LogP contribution in [-0.2, 0) is 6.54 Å². The first-order valence-corrected chi connectivity index (χ1v) is 6.21. The topological polar surface area (TPSA) is 34.0 Å². The highest BCUT2D eigenvalue weighted by Crippen LogP contribution is 2.24. The molecule has 2 rings (SSSR count). The third-order valence-corrected chi connectivity index (χ3v) is 3.26. The Bertz CT molecular complexity index is 592. The minimum atomic E-state index is 0.00893. The lowest BCUT2D eigenvalue weighted by Crippen LogP contribution is -2.22. The van der Waals surface area contributed by atoms with E-state index in [-0.39, 0.29) is 5.56 Å². The van der Waals surface area contributed by atoms with Gasteiger partial charge in [0.25, 0.3) is 5.56 Å². The molecule has 0 amide bonds. The predicted octanol–water partition coefficient (Wildman–Crippen LogP) is 2.92. The molecule has 2 aromatic rings. The van der Waals surface area contributed by atoms with Gasteiger partial charge in [0.1, 0.15) is 0 Å². The van der Waals surface area contributed by atoms with Gasteiger partial charge in [0.2, 0.25) is 0 Å². The first-order valence-electron chi connectivity index (χ1n) is 5.83. The van der Waals surface area contributed by atoms with Gasteiger partial charge in [-0.1, -0.05) is 29.8 Å². The molecular weight excluding hydrogens is 248 g/mol. The van der Waals surface area contributed by atoms with Crippen LogP contribution in [0.3, 0.4) is 0 Å². The Labute approximate surface area is 111 Å². The molecule has 0 bridgehead atoms. The Morgan fingerprint density at radius 2 is 2.06 bits per heavy atom. The quantitative estimate of drug-likeness (QED) is 0.919. The number of nitrogens with one attached hydrogen (secondary N) is 1. The molecule has 0 fully saturated rings. The lowest BCUT2D eigenvalue weighted by molar-refractivity contribution is 0.697. The van der Waals surface area contributed by atoms with Gasteiger partial charge in [0.15, 0.2) is 0 Å². The van der Waals surface area contributed by atoms with E-state index in [1.54, 1.807) is 22.9 Å². The second kappa shape index (κ2) is 5.74. The molecule has 1 heterocycles. The van der Waals surface area contributed by atoms with Crippen LogP contribution >= 0.6 is 11.6 Å². The Kier molecular flexibility index (Phi) is 4.05. The van der Waals surface area contributed by atoms with Gasteiger partial charge in [-0.2, -0.15) is 0 Å². The van der Waals surface area contributed by atoms with Crippen molar-refractivity contribution >= 4 is 17.3 Å². The van der Waals surface area contributed by atoms with Crippen molar-refractivity contribution in [3.63, 3.8) is 0 Å². The molecule has 0 radical (unpaired) electrons. The maximum absolute atomic E-state index is 11.5. The third-order valence-electron chi connectivity index (χ3n) is 2.76. The Hall–Kier alpha value is -1.74. The largest absolute Gasteiger partial charge is 0.382 e. The van der Waals surface area contributed by atoms with E-state index in [1.807, 2.05) is 31.2 Å². The zero-order chi connectivity index (χ0) is 13.0. The highest BCUT2D eigenvalue weighted by Gasteiger charge is 2.01. The molecule has 18 heavy (non-hydrogen) atoms. The Morgan fingerprint density at radius 3 is 2.83 bits per heavy atom. The summed E-state index contributed by atoms with van der Waals surface area (Å²) in [7, 11) is 0. The average Bonchev–Trinajstić information content (AvgIpc) is 2.37. The lowest BCUT2D eigenvalue weighted by atomic mass is 10.2. The fourth-order valence-electron chi connectivity index (χ4n) is 1.74. The van der Waals surface area contributed by atoms with Crippen LogP contribution in [0.15, 0.2) is 47.4 Å². The first-order chi connectivity index (χ1) is 8.68. The van der Waals surface area contributed by atoms with Crippen molar-refractivity contribution < 1.29 is 0 Å². The van der Waals surface area contributed by atoms with E-state index < -0.39 is 0 Å². The number of hydrogen-bond donors (Lipinski definition) is 1. The monoisotopic (exact) mass is 262 g/mol. The second-order valence-corrected chi connectivity index (χ2v) is 4.47. The Morgan fingerprint density at radius 1 is 1.22 bits per heavy atom. The average molecular weight is 263 g/mol. The Balaban J connectivity index is 1.99. The van der Waals surface area contributed by atoms with Crippen LogP contribution < -0.4 is 10.9 Å². The van der Waals surface area contributed by atoms with Crippen LogP contribution in [0.2, 0.25) is 5.02 Å². The van der Waals surface area contributed by atoms with Crippen LogP contribution in [0.4, 0.5) is 5.69 Å². The number of nitrogens with zero attached hydrogens (tertiary/aromatic N) is 1. The summed E-state index contributed by atoms with van der Waals surface area (Å²) >= 11 is 6.18. The molecule has 4 heteroatoms. The number of anilines is 1. The number of pyridine rings is 1. The van der Waals surface area contributed by atoms with Crippen LogP contribution in [0.5, 0.6) is 0 Å². The number of halogens is 1. The molecule has 3 nitrogen and oxygen atoms in total. The summed E-state index contributed by atoms with van der Waals surface area (Å²) in [6, 6.07) is 11.0. The summed E-state index contributed by atoms with van der Waals surface area (Å²) in [5.74, 6) is 0. The maximum atomic E-state index is 11.5. The van der Waals surface area contributed by atoms with Crippen molar-refractivity contribution in [3.05, 3.63) is 63.5 Å². The minimum absolute atomic E-state index is 0.00893. The molecule has 1 aromatic heterocycles. The predicted molar refractivity (Wildman–Crippen MR) is 75.4 cm³/mol. The van der Waals surface area contributed by atoms with Gasteiger partial charge in [-0.25, -0.2) is 0 Å². The van der Waals surface area contributed by atoms with Gasteiger partial charge in [-0.3, -0.25) is 4.79 Å². The van der Waals surface area contributed by atoms with Crippen molar-refractivity contribution in [1.29, 1.82) is 0 Å². The molecule has 0 aliphatic carbocycles. The van der Waals surface area contributed by atoms with Gasteiger partial charge in [-0.15, -0.1) is 0 Å². The van der Waals surface area contributed by atoms with Gasteiger partial charge in [0, 0.05) is 25.4 Å². The zero-order valence-corrected chi connectivity index (χ0v) is 10.9. The van der Waals surface area contributed by atoms with Gasteiger partial charge < -0.3 is 9.88 Å². The first kappa shape index (κ1) is 12.7.